The van der Waals surface area contributed by atoms with Gasteiger partial charge in [-0.2, -0.15) is 0 Å². The Balaban J connectivity index is 2.59. The van der Waals surface area contributed by atoms with E-state index in [4.69, 9.17) is 0 Å². The maximum Gasteiger partial charge on any atom is 0.0455 e. The molecule has 0 aliphatic carbocycles. The molecule has 2 rings (SSSR count). The van der Waals surface area contributed by atoms with E-state index in [1.165, 1.54) is 11.1 Å². The lowest BCUT2D eigenvalue weighted by Gasteiger charge is -2.39. The van der Waals surface area contributed by atoms with Gasteiger partial charge >= 0.3 is 0 Å². The maximum atomic E-state index is 2.28. The van der Waals surface area contributed by atoms with Crippen LogP contribution in [0.25, 0.3) is 0 Å². The average molecular weight is 282 g/mol. The molecule has 0 aliphatic rings. The van der Waals surface area contributed by atoms with E-state index in [9.17, 15) is 0 Å². The molecule has 0 saturated carbocycles. The van der Waals surface area contributed by atoms with E-state index in [0.717, 1.165) is 13.1 Å². The summed E-state index contributed by atoms with van der Waals surface area (Å²) in [5.41, 5.74) is 2.73. The summed E-state index contributed by atoms with van der Waals surface area (Å²) in [7, 11) is 8.60. The fraction of sp³-hybridized carbons (Fsp3) is 0.368. The third-order valence-corrected chi connectivity index (χ3v) is 3.83. The molecule has 0 spiro atoms. The van der Waals surface area contributed by atoms with Crippen LogP contribution in [0.3, 0.4) is 0 Å². The van der Waals surface area contributed by atoms with Gasteiger partial charge < -0.3 is 9.80 Å². The molecule has 0 N–H and O–H groups in total. The summed E-state index contributed by atoms with van der Waals surface area (Å²) >= 11 is 0. The van der Waals surface area contributed by atoms with Crippen molar-refractivity contribution in [3.05, 3.63) is 71.8 Å². The Labute approximate surface area is 129 Å². The first kappa shape index (κ1) is 15.7. The average Bonchev–Trinajstić information content (AvgIpc) is 2.47. The first-order valence-electron chi connectivity index (χ1n) is 7.45. The summed E-state index contributed by atoms with van der Waals surface area (Å²) in [6.07, 6.45) is 0. The highest BCUT2D eigenvalue weighted by atomic mass is 15.1. The minimum Gasteiger partial charge on any atom is -0.308 e. The summed E-state index contributed by atoms with van der Waals surface area (Å²) in [5, 5.41) is 0. The highest BCUT2D eigenvalue weighted by molar-refractivity contribution is 5.40. The Morgan fingerprint density at radius 3 is 1.24 bits per heavy atom. The van der Waals surface area contributed by atoms with Crippen molar-refractivity contribution in [2.75, 3.05) is 41.3 Å². The van der Waals surface area contributed by atoms with Crippen LogP contribution in [0.15, 0.2) is 60.7 Å². The summed E-state index contributed by atoms with van der Waals surface area (Å²) in [6.45, 7) is 1.97. The SMILES string of the molecule is CN(C)CC(CN(C)C)(c1ccccc1)c1ccccc1. The quantitative estimate of drug-likeness (QED) is 0.803. The van der Waals surface area contributed by atoms with Gasteiger partial charge in [0.25, 0.3) is 0 Å². The van der Waals surface area contributed by atoms with Gasteiger partial charge in [0.05, 0.1) is 0 Å². The molecular weight excluding hydrogens is 256 g/mol. The summed E-state index contributed by atoms with van der Waals surface area (Å²) < 4.78 is 0. The van der Waals surface area contributed by atoms with Crippen LogP contribution in [-0.4, -0.2) is 51.1 Å². The molecule has 0 bridgehead atoms. The summed E-state index contributed by atoms with van der Waals surface area (Å²) in [4.78, 5) is 4.56. The lowest BCUT2D eigenvalue weighted by atomic mass is 9.73. The van der Waals surface area contributed by atoms with Gasteiger partial charge in [-0.05, 0) is 39.3 Å². The molecule has 0 fully saturated rings. The third kappa shape index (κ3) is 3.72. The molecule has 0 unspecified atom stereocenters. The number of hydrogen-bond acceptors (Lipinski definition) is 2. The largest absolute Gasteiger partial charge is 0.308 e. The lowest BCUT2D eigenvalue weighted by molar-refractivity contribution is 0.250. The van der Waals surface area contributed by atoms with Crippen LogP contribution < -0.4 is 0 Å². The van der Waals surface area contributed by atoms with Crippen molar-refractivity contribution < 1.29 is 0 Å². The van der Waals surface area contributed by atoms with E-state index >= 15 is 0 Å². The van der Waals surface area contributed by atoms with Crippen LogP contribution >= 0.6 is 0 Å². The fourth-order valence-corrected chi connectivity index (χ4v) is 3.18. The molecule has 2 nitrogen and oxygen atoms in total. The number of nitrogens with zero attached hydrogens (tertiary/aromatic N) is 2. The van der Waals surface area contributed by atoms with Gasteiger partial charge in [0, 0.05) is 18.5 Å². The number of likely N-dealkylation sites (N-methyl/N-ethyl adjacent to an activating group) is 2. The van der Waals surface area contributed by atoms with Crippen LogP contribution in [0, 0.1) is 0 Å². The van der Waals surface area contributed by atoms with Crippen molar-refractivity contribution in [3.8, 4) is 0 Å². The monoisotopic (exact) mass is 282 g/mol. The van der Waals surface area contributed by atoms with Crippen molar-refractivity contribution in [2.45, 2.75) is 5.41 Å². The van der Waals surface area contributed by atoms with Crippen LogP contribution in [-0.2, 0) is 5.41 Å². The minimum absolute atomic E-state index is 0.0183. The molecule has 0 heterocycles. The summed E-state index contributed by atoms with van der Waals surface area (Å²) in [6, 6.07) is 21.7. The normalized spacial score (nSPS) is 12.1. The Kier molecular flexibility index (Phi) is 5.16. The van der Waals surface area contributed by atoms with Crippen LogP contribution in [0.4, 0.5) is 0 Å². The molecule has 0 radical (unpaired) electrons. The van der Waals surface area contributed by atoms with Gasteiger partial charge in [-0.1, -0.05) is 60.7 Å². The second-order valence-electron chi connectivity index (χ2n) is 6.29. The van der Waals surface area contributed by atoms with Crippen molar-refractivity contribution in [2.24, 2.45) is 0 Å². The van der Waals surface area contributed by atoms with Gasteiger partial charge in [0.1, 0.15) is 0 Å². The Bertz CT molecular complexity index is 481. The van der Waals surface area contributed by atoms with Crippen molar-refractivity contribution in [3.63, 3.8) is 0 Å². The zero-order valence-corrected chi connectivity index (χ0v) is 13.6. The Morgan fingerprint density at radius 1 is 0.619 bits per heavy atom. The van der Waals surface area contributed by atoms with Gasteiger partial charge in [-0.3, -0.25) is 0 Å². The molecule has 21 heavy (non-hydrogen) atoms. The van der Waals surface area contributed by atoms with Gasteiger partial charge in [-0.15, -0.1) is 0 Å². The van der Waals surface area contributed by atoms with E-state index in [2.05, 4.69) is 98.7 Å². The third-order valence-electron chi connectivity index (χ3n) is 3.83. The van der Waals surface area contributed by atoms with Gasteiger partial charge in [0.15, 0.2) is 0 Å². The van der Waals surface area contributed by atoms with Crippen molar-refractivity contribution in [1.29, 1.82) is 0 Å². The van der Waals surface area contributed by atoms with E-state index in [0.29, 0.717) is 0 Å². The van der Waals surface area contributed by atoms with Crippen molar-refractivity contribution >= 4 is 0 Å². The Hall–Kier alpha value is -1.64. The maximum absolute atomic E-state index is 2.28. The molecule has 0 aliphatic heterocycles. The zero-order chi connectivity index (χ0) is 15.3. The molecule has 0 amide bonds. The Morgan fingerprint density at radius 2 is 0.952 bits per heavy atom. The topological polar surface area (TPSA) is 6.48 Å². The van der Waals surface area contributed by atoms with Gasteiger partial charge in [0.2, 0.25) is 0 Å². The summed E-state index contributed by atoms with van der Waals surface area (Å²) in [5.74, 6) is 0. The second kappa shape index (κ2) is 6.88. The van der Waals surface area contributed by atoms with Crippen LogP contribution in [0.5, 0.6) is 0 Å². The zero-order valence-electron chi connectivity index (χ0n) is 13.6. The van der Waals surface area contributed by atoms with Crippen LogP contribution in [0.1, 0.15) is 11.1 Å². The molecule has 0 saturated heterocycles. The molecule has 0 aromatic heterocycles. The molecule has 2 aromatic rings. The first-order chi connectivity index (χ1) is 10.0. The van der Waals surface area contributed by atoms with Gasteiger partial charge in [-0.25, -0.2) is 0 Å². The number of rotatable bonds is 6. The standard InChI is InChI=1S/C19H26N2/c1-20(2)15-19(16-21(3)4,17-11-7-5-8-12-17)18-13-9-6-10-14-18/h5-14H,15-16H2,1-4H3. The lowest BCUT2D eigenvalue weighted by Crippen LogP contribution is -2.46. The van der Waals surface area contributed by atoms with E-state index in [1.807, 2.05) is 0 Å². The predicted molar refractivity (Wildman–Crippen MR) is 90.8 cm³/mol. The predicted octanol–water partition coefficient (Wildman–Crippen LogP) is 3.10. The minimum atomic E-state index is -0.0183. The second-order valence-corrected chi connectivity index (χ2v) is 6.29. The van der Waals surface area contributed by atoms with E-state index in [-0.39, 0.29) is 5.41 Å². The van der Waals surface area contributed by atoms with Crippen molar-refractivity contribution in [1.82, 2.24) is 9.80 Å². The van der Waals surface area contributed by atoms with E-state index < -0.39 is 0 Å². The first-order valence-corrected chi connectivity index (χ1v) is 7.45. The number of benzene rings is 2. The van der Waals surface area contributed by atoms with Crippen LogP contribution in [0.2, 0.25) is 0 Å². The molecular formula is C19H26N2. The fourth-order valence-electron chi connectivity index (χ4n) is 3.18. The molecule has 2 heteroatoms. The van der Waals surface area contributed by atoms with E-state index in [1.54, 1.807) is 0 Å². The molecule has 2 aromatic carbocycles. The molecule has 112 valence electrons. The highest BCUT2D eigenvalue weighted by Crippen LogP contribution is 2.33. The number of hydrogen-bond donors (Lipinski definition) is 0. The highest BCUT2D eigenvalue weighted by Gasteiger charge is 2.35. The molecule has 0 atom stereocenters. The smallest absolute Gasteiger partial charge is 0.0455 e.